The molecule has 19 heavy (non-hydrogen) atoms. The predicted molar refractivity (Wildman–Crippen MR) is 77.6 cm³/mol. The van der Waals surface area contributed by atoms with Gasteiger partial charge in [0.15, 0.2) is 0 Å². The molecule has 0 bridgehead atoms. The van der Waals surface area contributed by atoms with Gasteiger partial charge in [-0.3, -0.25) is 0 Å². The van der Waals surface area contributed by atoms with E-state index in [1.54, 1.807) is 12.1 Å². The molecule has 0 aliphatic heterocycles. The van der Waals surface area contributed by atoms with Crippen LogP contribution >= 0.6 is 15.9 Å². The Hall–Kier alpha value is -1.39. The summed E-state index contributed by atoms with van der Waals surface area (Å²) in [7, 11) is 0. The zero-order chi connectivity index (χ0) is 13.7. The summed E-state index contributed by atoms with van der Waals surface area (Å²) < 4.78 is 19.4. The maximum Gasteiger partial charge on any atom is 0.134 e. The van der Waals surface area contributed by atoms with E-state index in [4.69, 9.17) is 10.5 Å². The van der Waals surface area contributed by atoms with Crippen LogP contribution in [0.1, 0.15) is 11.1 Å². The summed E-state index contributed by atoms with van der Waals surface area (Å²) in [5.41, 5.74) is 7.62. The summed E-state index contributed by atoms with van der Waals surface area (Å²) in [4.78, 5) is 0. The van der Waals surface area contributed by atoms with Gasteiger partial charge in [0.25, 0.3) is 0 Å². The second-order valence-corrected chi connectivity index (χ2v) is 5.07. The minimum absolute atomic E-state index is 0.240. The van der Waals surface area contributed by atoms with Gasteiger partial charge in [-0.05, 0) is 64.3 Å². The average Bonchev–Trinajstić information content (AvgIpc) is 2.40. The third kappa shape index (κ3) is 4.04. The molecule has 0 spiro atoms. The van der Waals surface area contributed by atoms with Gasteiger partial charge in [0.2, 0.25) is 0 Å². The van der Waals surface area contributed by atoms with E-state index in [1.165, 1.54) is 17.7 Å². The summed E-state index contributed by atoms with van der Waals surface area (Å²) in [6, 6.07) is 12.2. The largest absolute Gasteiger partial charge is 0.488 e. The minimum atomic E-state index is -0.240. The van der Waals surface area contributed by atoms with Crippen molar-refractivity contribution in [2.45, 2.75) is 13.0 Å². The Morgan fingerprint density at radius 1 is 1.05 bits per heavy atom. The lowest BCUT2D eigenvalue weighted by Crippen LogP contribution is -2.03. The van der Waals surface area contributed by atoms with E-state index in [-0.39, 0.29) is 5.82 Å². The van der Waals surface area contributed by atoms with Gasteiger partial charge in [-0.15, -0.1) is 0 Å². The zero-order valence-electron chi connectivity index (χ0n) is 10.4. The quantitative estimate of drug-likeness (QED) is 0.911. The Kier molecular flexibility index (Phi) is 4.93. The van der Waals surface area contributed by atoms with Crippen LogP contribution in [0.3, 0.4) is 0 Å². The van der Waals surface area contributed by atoms with E-state index in [0.29, 0.717) is 13.2 Å². The summed E-state index contributed by atoms with van der Waals surface area (Å²) in [6.45, 7) is 1.04. The van der Waals surface area contributed by atoms with Gasteiger partial charge in [0.1, 0.15) is 18.2 Å². The van der Waals surface area contributed by atoms with Crippen LogP contribution in [0.5, 0.6) is 5.75 Å². The maximum atomic E-state index is 12.8. The van der Waals surface area contributed by atoms with Crippen molar-refractivity contribution in [3.05, 3.63) is 63.9 Å². The van der Waals surface area contributed by atoms with Crippen LogP contribution in [0.2, 0.25) is 0 Å². The fourth-order valence-corrected chi connectivity index (χ4v) is 2.27. The summed E-state index contributed by atoms with van der Waals surface area (Å²) in [5.74, 6) is 0.529. The molecular weight excluding hydrogens is 309 g/mol. The van der Waals surface area contributed by atoms with Crippen molar-refractivity contribution in [3.8, 4) is 5.75 Å². The molecule has 0 saturated heterocycles. The molecule has 2 aromatic rings. The third-order valence-corrected chi connectivity index (χ3v) is 3.36. The highest BCUT2D eigenvalue weighted by Gasteiger charge is 2.03. The molecule has 0 heterocycles. The SMILES string of the molecule is NCCc1ccc(OCc2ccc(F)cc2)c(Br)c1. The van der Waals surface area contributed by atoms with E-state index in [0.717, 1.165) is 22.2 Å². The highest BCUT2D eigenvalue weighted by atomic mass is 79.9. The van der Waals surface area contributed by atoms with Gasteiger partial charge in [0, 0.05) is 0 Å². The van der Waals surface area contributed by atoms with Gasteiger partial charge in [-0.25, -0.2) is 4.39 Å². The van der Waals surface area contributed by atoms with Crippen molar-refractivity contribution in [1.82, 2.24) is 0 Å². The van der Waals surface area contributed by atoms with E-state index >= 15 is 0 Å². The van der Waals surface area contributed by atoms with Crippen LogP contribution in [0.15, 0.2) is 46.9 Å². The van der Waals surface area contributed by atoms with Crippen LogP contribution in [0.25, 0.3) is 0 Å². The molecule has 0 aliphatic carbocycles. The molecule has 0 saturated carbocycles. The minimum Gasteiger partial charge on any atom is -0.488 e. The van der Waals surface area contributed by atoms with Crippen LogP contribution < -0.4 is 10.5 Å². The van der Waals surface area contributed by atoms with E-state index in [2.05, 4.69) is 15.9 Å². The molecule has 2 N–H and O–H groups in total. The molecule has 2 aromatic carbocycles. The molecule has 0 amide bonds. The number of hydrogen-bond donors (Lipinski definition) is 1. The van der Waals surface area contributed by atoms with Gasteiger partial charge in [0.05, 0.1) is 4.47 Å². The first-order valence-electron chi connectivity index (χ1n) is 6.05. The molecule has 2 nitrogen and oxygen atoms in total. The molecule has 0 aliphatic rings. The molecule has 0 aromatic heterocycles. The Labute approximate surface area is 120 Å². The Bertz CT molecular complexity index is 542. The van der Waals surface area contributed by atoms with Crippen molar-refractivity contribution in [1.29, 1.82) is 0 Å². The Morgan fingerprint density at radius 3 is 2.37 bits per heavy atom. The zero-order valence-corrected chi connectivity index (χ0v) is 12.0. The summed E-state index contributed by atoms with van der Waals surface area (Å²) >= 11 is 3.48. The molecule has 0 atom stereocenters. The standard InChI is InChI=1S/C15H15BrFNO/c16-14-9-11(7-8-18)3-6-15(14)19-10-12-1-4-13(17)5-2-12/h1-6,9H,7-8,10,18H2. The Morgan fingerprint density at radius 2 is 1.74 bits per heavy atom. The van der Waals surface area contributed by atoms with E-state index in [9.17, 15) is 4.39 Å². The lowest BCUT2D eigenvalue weighted by Gasteiger charge is -2.09. The fraction of sp³-hybridized carbons (Fsp3) is 0.200. The van der Waals surface area contributed by atoms with E-state index in [1.807, 2.05) is 18.2 Å². The van der Waals surface area contributed by atoms with Crippen molar-refractivity contribution in [3.63, 3.8) is 0 Å². The summed E-state index contributed by atoms with van der Waals surface area (Å²) in [5, 5.41) is 0. The van der Waals surface area contributed by atoms with E-state index < -0.39 is 0 Å². The first-order chi connectivity index (χ1) is 9.19. The van der Waals surface area contributed by atoms with Crippen LogP contribution in [-0.4, -0.2) is 6.54 Å². The molecule has 0 radical (unpaired) electrons. The fourth-order valence-electron chi connectivity index (χ4n) is 1.73. The van der Waals surface area contributed by atoms with Gasteiger partial charge < -0.3 is 10.5 Å². The van der Waals surface area contributed by atoms with Crippen molar-refractivity contribution in [2.75, 3.05) is 6.54 Å². The lowest BCUT2D eigenvalue weighted by molar-refractivity contribution is 0.304. The van der Waals surface area contributed by atoms with Crippen LogP contribution in [0.4, 0.5) is 4.39 Å². The van der Waals surface area contributed by atoms with Crippen LogP contribution in [-0.2, 0) is 13.0 Å². The van der Waals surface area contributed by atoms with Crippen molar-refractivity contribution in [2.24, 2.45) is 5.73 Å². The number of nitrogens with two attached hydrogens (primary N) is 1. The van der Waals surface area contributed by atoms with Crippen molar-refractivity contribution < 1.29 is 9.13 Å². The third-order valence-electron chi connectivity index (χ3n) is 2.74. The Balaban J connectivity index is 2.01. The second-order valence-electron chi connectivity index (χ2n) is 4.22. The number of halogens is 2. The van der Waals surface area contributed by atoms with Gasteiger partial charge >= 0.3 is 0 Å². The first kappa shape index (κ1) is 14.0. The highest BCUT2D eigenvalue weighted by Crippen LogP contribution is 2.27. The smallest absolute Gasteiger partial charge is 0.134 e. The topological polar surface area (TPSA) is 35.2 Å². The number of hydrogen-bond acceptors (Lipinski definition) is 2. The first-order valence-corrected chi connectivity index (χ1v) is 6.84. The normalized spacial score (nSPS) is 10.5. The van der Waals surface area contributed by atoms with Gasteiger partial charge in [-0.2, -0.15) is 0 Å². The molecular formula is C15H15BrFNO. The predicted octanol–water partition coefficient (Wildman–Crippen LogP) is 3.67. The monoisotopic (exact) mass is 323 g/mol. The second kappa shape index (κ2) is 6.68. The number of benzene rings is 2. The maximum absolute atomic E-state index is 12.8. The molecule has 0 unspecified atom stereocenters. The van der Waals surface area contributed by atoms with Gasteiger partial charge in [-0.1, -0.05) is 18.2 Å². The average molecular weight is 324 g/mol. The molecule has 0 fully saturated rings. The molecule has 4 heteroatoms. The highest BCUT2D eigenvalue weighted by molar-refractivity contribution is 9.10. The lowest BCUT2D eigenvalue weighted by atomic mass is 10.1. The van der Waals surface area contributed by atoms with Crippen molar-refractivity contribution >= 4 is 15.9 Å². The number of ether oxygens (including phenoxy) is 1. The molecule has 2 rings (SSSR count). The van der Waals surface area contributed by atoms with Crippen LogP contribution in [0, 0.1) is 5.82 Å². The molecule has 100 valence electrons. The summed E-state index contributed by atoms with van der Waals surface area (Å²) in [6.07, 6.45) is 0.844. The number of rotatable bonds is 5.